The number of ether oxygens (including phenoxy) is 2. The lowest BCUT2D eigenvalue weighted by atomic mass is 10.2. The quantitative estimate of drug-likeness (QED) is 0.362. The van der Waals surface area contributed by atoms with Crippen molar-refractivity contribution in [2.75, 3.05) is 13.3 Å². The Kier molecular flexibility index (Phi) is 7.53. The van der Waals surface area contributed by atoms with Crippen LogP contribution in [0.15, 0.2) is 28.6 Å². The number of hydrogen-bond acceptors (Lipinski definition) is 5. The summed E-state index contributed by atoms with van der Waals surface area (Å²) in [6.45, 7) is 3.28. The molecule has 6 nitrogen and oxygen atoms in total. The third-order valence-corrected chi connectivity index (χ3v) is 4.30. The number of thiazole rings is 1. The second kappa shape index (κ2) is 9.44. The van der Waals surface area contributed by atoms with E-state index in [0.29, 0.717) is 35.6 Å². The summed E-state index contributed by atoms with van der Waals surface area (Å²) < 4.78 is 48.4. The average Bonchev–Trinajstić information content (AvgIpc) is 3.25. The molecule has 2 heterocycles. The van der Waals surface area contributed by atoms with E-state index < -0.39 is 11.9 Å². The van der Waals surface area contributed by atoms with Crippen LogP contribution in [0.25, 0.3) is 0 Å². The maximum atomic E-state index is 12.6. The Labute approximate surface area is 175 Å². The van der Waals surface area contributed by atoms with E-state index in [4.69, 9.17) is 9.47 Å². The highest BCUT2D eigenvalue weighted by Crippen LogP contribution is 2.32. The number of halogens is 4. The van der Waals surface area contributed by atoms with Gasteiger partial charge in [0.05, 0.1) is 13.1 Å². The van der Waals surface area contributed by atoms with Gasteiger partial charge < -0.3 is 20.1 Å². The second-order valence-electron chi connectivity index (χ2n) is 5.36. The normalized spacial score (nSPS) is 13.3. The summed E-state index contributed by atoms with van der Waals surface area (Å²) in [5.74, 6) is 1.87. The molecule has 0 bridgehead atoms. The number of guanidine groups is 1. The van der Waals surface area contributed by atoms with Crippen LogP contribution in [0.3, 0.4) is 0 Å². The Morgan fingerprint density at radius 1 is 1.26 bits per heavy atom. The fourth-order valence-electron chi connectivity index (χ4n) is 2.23. The molecule has 148 valence electrons. The van der Waals surface area contributed by atoms with Crippen molar-refractivity contribution in [2.45, 2.75) is 26.2 Å². The summed E-state index contributed by atoms with van der Waals surface area (Å²) in [5.41, 5.74) is 0.0571. The van der Waals surface area contributed by atoms with Crippen LogP contribution in [0, 0.1) is 0 Å². The third kappa shape index (κ3) is 5.86. The van der Waals surface area contributed by atoms with Gasteiger partial charge in [-0.2, -0.15) is 13.2 Å². The highest BCUT2D eigenvalue weighted by atomic mass is 127. The zero-order chi connectivity index (χ0) is 18.6. The van der Waals surface area contributed by atoms with E-state index >= 15 is 0 Å². The summed E-state index contributed by atoms with van der Waals surface area (Å²) in [7, 11) is 0. The van der Waals surface area contributed by atoms with Crippen LogP contribution in [0.4, 0.5) is 13.2 Å². The summed E-state index contributed by atoms with van der Waals surface area (Å²) in [4.78, 5) is 8.02. The molecule has 11 heteroatoms. The largest absolute Gasteiger partial charge is 0.454 e. The standard InChI is InChI=1S/C16H17F3N4O2S.HI/c1-2-20-15(22-7-14-23-13(8-26-14)16(17,18)19)21-6-10-3-4-11-12(5-10)25-9-24-11;/h3-5,8H,2,6-7,9H2,1H3,(H2,20,21,22);1H. The monoisotopic (exact) mass is 514 g/mol. The molecule has 0 saturated heterocycles. The van der Waals surface area contributed by atoms with Crippen LogP contribution in [0.1, 0.15) is 23.2 Å². The topological polar surface area (TPSA) is 67.8 Å². The van der Waals surface area contributed by atoms with Gasteiger partial charge in [0.2, 0.25) is 6.79 Å². The van der Waals surface area contributed by atoms with E-state index in [-0.39, 0.29) is 37.3 Å². The first-order valence-corrected chi connectivity index (χ1v) is 8.76. The fourth-order valence-corrected chi connectivity index (χ4v) is 2.97. The minimum Gasteiger partial charge on any atom is -0.454 e. The number of alkyl halides is 3. The minimum atomic E-state index is -4.42. The van der Waals surface area contributed by atoms with Crippen LogP contribution in [-0.2, 0) is 19.3 Å². The zero-order valence-corrected chi connectivity index (χ0v) is 17.4. The van der Waals surface area contributed by atoms with Gasteiger partial charge in [-0.3, -0.25) is 0 Å². The fraction of sp³-hybridized carbons (Fsp3) is 0.375. The van der Waals surface area contributed by atoms with Gasteiger partial charge in [-0.15, -0.1) is 35.3 Å². The Morgan fingerprint density at radius 3 is 2.74 bits per heavy atom. The number of nitrogens with one attached hydrogen (secondary N) is 2. The average molecular weight is 514 g/mol. The molecule has 0 amide bonds. The maximum absolute atomic E-state index is 12.6. The first-order valence-electron chi connectivity index (χ1n) is 7.88. The predicted molar refractivity (Wildman–Crippen MR) is 107 cm³/mol. The number of nitrogens with zero attached hydrogens (tertiary/aromatic N) is 2. The molecular formula is C16H18F3IN4O2S. The number of hydrogen-bond donors (Lipinski definition) is 2. The molecule has 0 spiro atoms. The number of fused-ring (bicyclic) bond motifs is 1. The van der Waals surface area contributed by atoms with Gasteiger partial charge in [0.1, 0.15) is 5.01 Å². The number of rotatable bonds is 5. The van der Waals surface area contributed by atoms with Crippen LogP contribution in [0.2, 0.25) is 0 Å². The molecule has 2 N–H and O–H groups in total. The van der Waals surface area contributed by atoms with Gasteiger partial charge in [0, 0.05) is 11.9 Å². The molecule has 1 aliphatic heterocycles. The molecule has 1 aliphatic rings. The summed E-state index contributed by atoms with van der Waals surface area (Å²) >= 11 is 0.958. The van der Waals surface area contributed by atoms with Crippen molar-refractivity contribution < 1.29 is 22.6 Å². The molecule has 0 fully saturated rings. The first kappa shape index (κ1) is 21.5. The minimum absolute atomic E-state index is 0. The van der Waals surface area contributed by atoms with Gasteiger partial charge >= 0.3 is 6.18 Å². The number of benzene rings is 1. The summed E-state index contributed by atoms with van der Waals surface area (Å²) in [5, 5.41) is 7.38. The lowest BCUT2D eigenvalue weighted by molar-refractivity contribution is -0.140. The molecule has 0 radical (unpaired) electrons. The van der Waals surface area contributed by atoms with Gasteiger partial charge in [0.25, 0.3) is 0 Å². The third-order valence-electron chi connectivity index (χ3n) is 3.45. The smallest absolute Gasteiger partial charge is 0.434 e. The Hall–Kier alpha value is -1.76. The second-order valence-corrected chi connectivity index (χ2v) is 6.30. The molecule has 0 aliphatic carbocycles. The maximum Gasteiger partial charge on any atom is 0.434 e. The van der Waals surface area contributed by atoms with E-state index in [1.807, 2.05) is 25.1 Å². The molecule has 2 aromatic rings. The van der Waals surface area contributed by atoms with Crippen molar-refractivity contribution in [3.05, 3.63) is 39.8 Å². The van der Waals surface area contributed by atoms with Crippen LogP contribution in [0.5, 0.6) is 11.5 Å². The van der Waals surface area contributed by atoms with Crippen molar-refractivity contribution in [3.63, 3.8) is 0 Å². The van der Waals surface area contributed by atoms with Crippen molar-refractivity contribution >= 4 is 41.3 Å². The van der Waals surface area contributed by atoms with Crippen molar-refractivity contribution in [1.29, 1.82) is 0 Å². The van der Waals surface area contributed by atoms with Crippen molar-refractivity contribution in [3.8, 4) is 11.5 Å². The van der Waals surface area contributed by atoms with Crippen LogP contribution < -0.4 is 20.1 Å². The van der Waals surface area contributed by atoms with Crippen molar-refractivity contribution in [1.82, 2.24) is 15.6 Å². The van der Waals surface area contributed by atoms with Crippen molar-refractivity contribution in [2.24, 2.45) is 4.99 Å². The lowest BCUT2D eigenvalue weighted by Crippen LogP contribution is -2.36. The SMILES string of the molecule is CCNC(=NCc1ccc2c(c1)OCO2)NCc1nc(C(F)(F)F)cs1.I. The highest BCUT2D eigenvalue weighted by molar-refractivity contribution is 14.0. The lowest BCUT2D eigenvalue weighted by Gasteiger charge is -2.10. The Balaban J connectivity index is 0.00000261. The predicted octanol–water partition coefficient (Wildman–Crippen LogP) is 3.76. The van der Waals surface area contributed by atoms with E-state index in [9.17, 15) is 13.2 Å². The Bertz CT molecular complexity index is 798. The summed E-state index contributed by atoms with van der Waals surface area (Å²) in [6.07, 6.45) is -4.42. The molecule has 0 atom stereocenters. The molecule has 0 saturated carbocycles. The Morgan fingerprint density at radius 2 is 2.04 bits per heavy atom. The highest BCUT2D eigenvalue weighted by Gasteiger charge is 2.33. The number of aliphatic imine (C=N–C) groups is 1. The molecule has 1 aromatic heterocycles. The van der Waals surface area contributed by atoms with Gasteiger partial charge in [-0.1, -0.05) is 6.07 Å². The molecule has 3 rings (SSSR count). The van der Waals surface area contributed by atoms with E-state index in [1.54, 1.807) is 0 Å². The van der Waals surface area contributed by atoms with Gasteiger partial charge in [-0.05, 0) is 24.6 Å². The van der Waals surface area contributed by atoms with E-state index in [1.165, 1.54) is 0 Å². The summed E-state index contributed by atoms with van der Waals surface area (Å²) in [6, 6.07) is 5.56. The molecule has 0 unspecified atom stereocenters. The number of aromatic nitrogens is 1. The molecule has 27 heavy (non-hydrogen) atoms. The van der Waals surface area contributed by atoms with E-state index in [0.717, 1.165) is 22.3 Å². The van der Waals surface area contributed by atoms with Crippen LogP contribution in [-0.4, -0.2) is 24.3 Å². The molecular weight excluding hydrogens is 496 g/mol. The molecule has 1 aromatic carbocycles. The van der Waals surface area contributed by atoms with Gasteiger partial charge in [-0.25, -0.2) is 9.98 Å². The van der Waals surface area contributed by atoms with E-state index in [2.05, 4.69) is 20.6 Å². The first-order chi connectivity index (χ1) is 12.5. The van der Waals surface area contributed by atoms with Crippen LogP contribution >= 0.6 is 35.3 Å². The van der Waals surface area contributed by atoms with Gasteiger partial charge in [0.15, 0.2) is 23.2 Å². The zero-order valence-electron chi connectivity index (χ0n) is 14.3.